The van der Waals surface area contributed by atoms with E-state index < -0.39 is 0 Å². The smallest absolute Gasteiger partial charge is 0.252 e. The number of para-hydroxylation sites is 1. The molecule has 1 aromatic heterocycles. The van der Waals surface area contributed by atoms with Crippen molar-refractivity contribution in [1.82, 2.24) is 9.97 Å². The van der Waals surface area contributed by atoms with Crippen LogP contribution in [-0.4, -0.2) is 21.6 Å². The van der Waals surface area contributed by atoms with Gasteiger partial charge in [-0.05, 0) is 35.7 Å². The second kappa shape index (κ2) is 9.19. The highest BCUT2D eigenvalue weighted by atomic mass is 32.2. The Labute approximate surface area is 163 Å². The van der Waals surface area contributed by atoms with Gasteiger partial charge in [0, 0.05) is 18.1 Å². The van der Waals surface area contributed by atoms with Crippen LogP contribution in [0.15, 0.2) is 72.0 Å². The number of nitrogens with zero attached hydrogens (tertiary/aromatic N) is 2. The molecule has 0 radical (unpaired) electrons. The molecule has 0 spiro atoms. The molecule has 0 aliphatic carbocycles. The van der Waals surface area contributed by atoms with Crippen LogP contribution in [0.4, 0.5) is 5.69 Å². The summed E-state index contributed by atoms with van der Waals surface area (Å²) in [6.07, 6.45) is 3.16. The topological polar surface area (TPSA) is 64.1 Å². The van der Waals surface area contributed by atoms with E-state index in [1.54, 1.807) is 12.4 Å². The molecule has 0 aliphatic rings. The first-order valence-electron chi connectivity index (χ1n) is 8.68. The lowest BCUT2D eigenvalue weighted by Crippen LogP contribution is -2.14. The zero-order valence-electron chi connectivity index (χ0n) is 15.3. The molecule has 138 valence electrons. The summed E-state index contributed by atoms with van der Waals surface area (Å²) in [6.45, 7) is 4.25. The molecule has 0 atom stereocenters. The summed E-state index contributed by atoms with van der Waals surface area (Å²) in [5.74, 6) is 1.60. The van der Waals surface area contributed by atoms with Gasteiger partial charge < -0.3 is 10.1 Å². The summed E-state index contributed by atoms with van der Waals surface area (Å²) >= 11 is 1.29. The van der Waals surface area contributed by atoms with Crippen LogP contribution in [0.1, 0.15) is 25.3 Å². The first-order valence-corrected chi connectivity index (χ1v) is 9.67. The number of rotatable bonds is 7. The molecule has 0 unspecified atom stereocenters. The lowest BCUT2D eigenvalue weighted by molar-refractivity contribution is -0.113. The predicted molar refractivity (Wildman–Crippen MR) is 108 cm³/mol. The van der Waals surface area contributed by atoms with E-state index in [0.717, 1.165) is 5.69 Å². The number of aromatic nitrogens is 2. The number of benzene rings is 2. The minimum atomic E-state index is -0.0998. The van der Waals surface area contributed by atoms with Gasteiger partial charge >= 0.3 is 0 Å². The van der Waals surface area contributed by atoms with Crippen molar-refractivity contribution >= 4 is 23.4 Å². The van der Waals surface area contributed by atoms with Gasteiger partial charge in [-0.1, -0.05) is 55.9 Å². The molecule has 3 rings (SSSR count). The number of anilines is 1. The van der Waals surface area contributed by atoms with Crippen molar-refractivity contribution in [1.29, 1.82) is 0 Å². The van der Waals surface area contributed by atoms with Gasteiger partial charge in [-0.2, -0.15) is 0 Å². The lowest BCUT2D eigenvalue weighted by atomic mass is 10.0. The molecule has 0 aliphatic heterocycles. The van der Waals surface area contributed by atoms with Crippen molar-refractivity contribution in [2.45, 2.75) is 24.8 Å². The van der Waals surface area contributed by atoms with Crippen LogP contribution in [0.5, 0.6) is 11.6 Å². The number of hydrogen-bond donors (Lipinski definition) is 1. The van der Waals surface area contributed by atoms with E-state index in [9.17, 15) is 4.79 Å². The third-order valence-corrected chi connectivity index (χ3v) is 4.73. The fraction of sp³-hybridized carbons (Fsp3) is 0.190. The first-order chi connectivity index (χ1) is 13.1. The Hall–Kier alpha value is -2.86. The van der Waals surface area contributed by atoms with Crippen LogP contribution in [-0.2, 0) is 4.79 Å². The summed E-state index contributed by atoms with van der Waals surface area (Å²) < 4.78 is 5.78. The molecule has 0 saturated carbocycles. The van der Waals surface area contributed by atoms with Gasteiger partial charge in [0.1, 0.15) is 5.75 Å². The molecule has 0 bridgehead atoms. The van der Waals surface area contributed by atoms with Gasteiger partial charge in [-0.25, -0.2) is 9.97 Å². The van der Waals surface area contributed by atoms with Crippen molar-refractivity contribution in [3.63, 3.8) is 0 Å². The van der Waals surface area contributed by atoms with Gasteiger partial charge in [0.2, 0.25) is 5.91 Å². The Morgan fingerprint density at radius 2 is 1.85 bits per heavy atom. The Morgan fingerprint density at radius 3 is 2.63 bits per heavy atom. The maximum atomic E-state index is 12.3. The molecular formula is C21H21N3O2S. The van der Waals surface area contributed by atoms with Crippen LogP contribution in [0, 0.1) is 0 Å². The highest BCUT2D eigenvalue weighted by molar-refractivity contribution is 8.00. The SMILES string of the molecule is CC(C)c1cccc(NC(=O)CSc2nccnc2Oc2ccccc2)c1. The molecule has 0 fully saturated rings. The molecule has 2 aromatic carbocycles. The van der Waals surface area contributed by atoms with Crippen molar-refractivity contribution in [3.8, 4) is 11.6 Å². The molecule has 1 amide bonds. The molecular weight excluding hydrogens is 358 g/mol. The Balaban J connectivity index is 1.61. The highest BCUT2D eigenvalue weighted by Gasteiger charge is 2.12. The first kappa shape index (κ1) is 18.9. The van der Waals surface area contributed by atoms with Gasteiger partial charge in [0.15, 0.2) is 5.03 Å². The number of carbonyl (C=O) groups is 1. The van der Waals surface area contributed by atoms with Crippen molar-refractivity contribution in [2.24, 2.45) is 0 Å². The Bertz CT molecular complexity index is 901. The maximum absolute atomic E-state index is 12.3. The minimum absolute atomic E-state index is 0.0998. The standard InChI is InChI=1S/C21H21N3O2S/c1-15(2)16-7-6-8-17(13-16)24-19(25)14-27-21-20(22-11-12-23-21)26-18-9-4-3-5-10-18/h3-13,15H,14H2,1-2H3,(H,24,25). The van der Waals surface area contributed by atoms with Gasteiger partial charge in [-0.15, -0.1) is 0 Å². The zero-order chi connectivity index (χ0) is 19.1. The van der Waals surface area contributed by atoms with Crippen LogP contribution < -0.4 is 10.1 Å². The number of carbonyl (C=O) groups excluding carboxylic acids is 1. The molecule has 1 N–H and O–H groups in total. The predicted octanol–water partition coefficient (Wildman–Crippen LogP) is 5.12. The quantitative estimate of drug-likeness (QED) is 0.577. The van der Waals surface area contributed by atoms with Crippen LogP contribution in [0.3, 0.4) is 0 Å². The third-order valence-electron chi connectivity index (χ3n) is 3.77. The Morgan fingerprint density at radius 1 is 1.07 bits per heavy atom. The van der Waals surface area contributed by atoms with E-state index in [1.165, 1.54) is 17.3 Å². The molecule has 0 saturated heterocycles. The summed E-state index contributed by atoms with van der Waals surface area (Å²) in [7, 11) is 0. The van der Waals surface area contributed by atoms with Crippen LogP contribution in [0.25, 0.3) is 0 Å². The van der Waals surface area contributed by atoms with Crippen LogP contribution >= 0.6 is 11.8 Å². The minimum Gasteiger partial charge on any atom is -0.437 e. The second-order valence-corrected chi connectivity index (χ2v) is 7.16. The molecule has 5 nitrogen and oxygen atoms in total. The second-order valence-electron chi connectivity index (χ2n) is 6.20. The number of amides is 1. The molecule has 3 aromatic rings. The number of nitrogens with one attached hydrogen (secondary N) is 1. The van der Waals surface area contributed by atoms with E-state index >= 15 is 0 Å². The average Bonchev–Trinajstić information content (AvgIpc) is 2.68. The van der Waals surface area contributed by atoms with E-state index in [4.69, 9.17) is 4.74 Å². The van der Waals surface area contributed by atoms with Gasteiger partial charge in [-0.3, -0.25) is 4.79 Å². The summed E-state index contributed by atoms with van der Waals surface area (Å²) in [5, 5.41) is 3.50. The fourth-order valence-electron chi connectivity index (χ4n) is 2.39. The van der Waals surface area contributed by atoms with Crippen molar-refractivity contribution in [3.05, 3.63) is 72.6 Å². The number of ether oxygens (including phenoxy) is 1. The maximum Gasteiger partial charge on any atom is 0.252 e. The average molecular weight is 379 g/mol. The summed E-state index contributed by atoms with van der Waals surface area (Å²) in [4.78, 5) is 20.8. The van der Waals surface area contributed by atoms with E-state index in [-0.39, 0.29) is 11.7 Å². The van der Waals surface area contributed by atoms with Gasteiger partial charge in [0.05, 0.1) is 5.75 Å². The molecule has 27 heavy (non-hydrogen) atoms. The van der Waals surface area contributed by atoms with E-state index in [1.807, 2.05) is 48.5 Å². The Kier molecular flexibility index (Phi) is 6.44. The summed E-state index contributed by atoms with van der Waals surface area (Å²) in [6, 6.07) is 17.3. The summed E-state index contributed by atoms with van der Waals surface area (Å²) in [5.41, 5.74) is 1.99. The number of thioether (sulfide) groups is 1. The van der Waals surface area contributed by atoms with Crippen molar-refractivity contribution in [2.75, 3.05) is 11.1 Å². The largest absolute Gasteiger partial charge is 0.437 e. The fourth-order valence-corrected chi connectivity index (χ4v) is 3.08. The zero-order valence-corrected chi connectivity index (χ0v) is 16.1. The monoisotopic (exact) mass is 379 g/mol. The van der Waals surface area contributed by atoms with E-state index in [0.29, 0.717) is 22.6 Å². The van der Waals surface area contributed by atoms with Gasteiger partial charge in [0.25, 0.3) is 5.88 Å². The number of hydrogen-bond acceptors (Lipinski definition) is 5. The molecule has 1 heterocycles. The third kappa shape index (κ3) is 5.56. The van der Waals surface area contributed by atoms with Crippen LogP contribution in [0.2, 0.25) is 0 Å². The molecule has 6 heteroatoms. The van der Waals surface area contributed by atoms with Crippen molar-refractivity contribution < 1.29 is 9.53 Å². The lowest BCUT2D eigenvalue weighted by Gasteiger charge is -2.10. The normalized spacial score (nSPS) is 10.6. The highest BCUT2D eigenvalue weighted by Crippen LogP contribution is 2.28. The van der Waals surface area contributed by atoms with E-state index in [2.05, 4.69) is 35.2 Å².